The van der Waals surface area contributed by atoms with Crippen LogP contribution in [0.25, 0.3) is 11.3 Å². The normalized spacial score (nSPS) is 21.1. The molecule has 0 fully saturated rings. The summed E-state index contributed by atoms with van der Waals surface area (Å²) in [7, 11) is 1.80. The van der Waals surface area contributed by atoms with Crippen LogP contribution in [0.2, 0.25) is 0 Å². The van der Waals surface area contributed by atoms with Crippen LogP contribution in [0.15, 0.2) is 30.5 Å². The van der Waals surface area contributed by atoms with Crippen LogP contribution in [-0.4, -0.2) is 40.6 Å². The first-order chi connectivity index (χ1) is 15.6. The van der Waals surface area contributed by atoms with E-state index < -0.39 is 17.7 Å². The number of benzene rings is 1. The van der Waals surface area contributed by atoms with Crippen molar-refractivity contribution in [3.05, 3.63) is 36.0 Å². The van der Waals surface area contributed by atoms with Gasteiger partial charge in [-0.2, -0.15) is 5.10 Å². The molecule has 2 N–H and O–H groups in total. The predicted molar refractivity (Wildman–Crippen MR) is 123 cm³/mol. The van der Waals surface area contributed by atoms with Crippen LogP contribution >= 0.6 is 0 Å². The summed E-state index contributed by atoms with van der Waals surface area (Å²) in [5, 5.41) is 10.3. The molecule has 2 aliphatic rings. The fourth-order valence-electron chi connectivity index (χ4n) is 3.88. The van der Waals surface area contributed by atoms with Gasteiger partial charge in [0.2, 0.25) is 5.91 Å². The second kappa shape index (κ2) is 8.80. The van der Waals surface area contributed by atoms with Crippen LogP contribution in [-0.2, 0) is 16.6 Å². The molecule has 4 rings (SSSR count). The van der Waals surface area contributed by atoms with Gasteiger partial charge in [-0.15, -0.1) is 0 Å². The average Bonchev–Trinajstić information content (AvgIpc) is 3.09. The van der Waals surface area contributed by atoms with Crippen molar-refractivity contribution in [2.75, 3.05) is 18.5 Å². The first-order valence-electron chi connectivity index (χ1n) is 11.1. The Kier molecular flexibility index (Phi) is 6.05. The van der Waals surface area contributed by atoms with Crippen molar-refractivity contribution in [3.8, 4) is 22.8 Å². The molecule has 176 valence electrons. The smallest absolute Gasteiger partial charge is 0.408 e. The third-order valence-corrected chi connectivity index (χ3v) is 5.42. The number of hydrogen-bond acceptors (Lipinski definition) is 6. The van der Waals surface area contributed by atoms with Crippen LogP contribution in [0.1, 0.15) is 45.7 Å². The van der Waals surface area contributed by atoms with E-state index in [1.54, 1.807) is 17.9 Å². The second-order valence-electron chi connectivity index (χ2n) is 9.26. The molecule has 9 nitrogen and oxygen atoms in total. The molecule has 33 heavy (non-hydrogen) atoms. The van der Waals surface area contributed by atoms with Gasteiger partial charge in [-0.05, 0) is 44.9 Å². The number of ether oxygens (including phenoxy) is 3. The summed E-state index contributed by atoms with van der Waals surface area (Å²) >= 11 is 0. The molecular weight excluding hydrogens is 424 g/mol. The van der Waals surface area contributed by atoms with Gasteiger partial charge in [0.1, 0.15) is 18.8 Å². The number of hydrogen-bond donors (Lipinski definition) is 2. The molecule has 0 unspecified atom stereocenters. The maximum atomic E-state index is 12.8. The molecule has 1 aromatic heterocycles. The maximum Gasteiger partial charge on any atom is 0.408 e. The fraction of sp³-hybridized carbons (Fsp3) is 0.458. The summed E-state index contributed by atoms with van der Waals surface area (Å²) < 4.78 is 19.1. The van der Waals surface area contributed by atoms with E-state index in [-0.39, 0.29) is 11.8 Å². The standard InChI is InChI=1S/C24H30N4O5/c1-14-7-6-8-17(27-23(30)33-24(2,3)4)15-11-16(21-19(12-15)31-9-10-32-21)20-18(26-22(14)29)13-25-28(20)5/h6-7,11-14,17H,8-10H2,1-5H3,(H,26,29)(H,27,30)/b7-6+/t14-,17+/m1/s1. The van der Waals surface area contributed by atoms with Crippen LogP contribution in [0, 0.1) is 5.92 Å². The molecule has 2 aliphatic heterocycles. The number of nitrogens with one attached hydrogen (secondary N) is 2. The van der Waals surface area contributed by atoms with Crippen LogP contribution < -0.4 is 20.1 Å². The van der Waals surface area contributed by atoms with E-state index in [0.29, 0.717) is 42.5 Å². The Morgan fingerprint density at radius 1 is 1.27 bits per heavy atom. The number of amides is 2. The van der Waals surface area contributed by atoms with E-state index in [4.69, 9.17) is 14.2 Å². The van der Waals surface area contributed by atoms with Crippen LogP contribution in [0.5, 0.6) is 11.5 Å². The number of rotatable bonds is 1. The monoisotopic (exact) mass is 454 g/mol. The summed E-state index contributed by atoms with van der Waals surface area (Å²) in [4.78, 5) is 25.4. The highest BCUT2D eigenvalue weighted by Gasteiger charge is 2.28. The Bertz CT molecular complexity index is 1100. The Morgan fingerprint density at radius 2 is 2.03 bits per heavy atom. The second-order valence-corrected chi connectivity index (χ2v) is 9.26. The lowest BCUT2D eigenvalue weighted by atomic mass is 9.96. The van der Waals surface area contributed by atoms with Gasteiger partial charge in [-0.3, -0.25) is 9.48 Å². The minimum Gasteiger partial charge on any atom is -0.486 e. The number of fused-ring (bicyclic) bond motifs is 6. The van der Waals surface area contributed by atoms with Gasteiger partial charge in [0.05, 0.1) is 29.5 Å². The molecule has 2 amide bonds. The molecule has 0 saturated carbocycles. The zero-order chi connectivity index (χ0) is 23.8. The average molecular weight is 455 g/mol. The lowest BCUT2D eigenvalue weighted by Crippen LogP contribution is -2.35. The zero-order valence-corrected chi connectivity index (χ0v) is 19.6. The zero-order valence-electron chi connectivity index (χ0n) is 19.6. The summed E-state index contributed by atoms with van der Waals surface area (Å²) in [6.45, 7) is 8.12. The Balaban J connectivity index is 1.85. The fourth-order valence-corrected chi connectivity index (χ4v) is 3.88. The van der Waals surface area contributed by atoms with E-state index >= 15 is 0 Å². The van der Waals surface area contributed by atoms with Gasteiger partial charge < -0.3 is 24.8 Å². The van der Waals surface area contributed by atoms with Gasteiger partial charge >= 0.3 is 6.09 Å². The van der Waals surface area contributed by atoms with Crippen LogP contribution in [0.4, 0.5) is 10.5 Å². The molecule has 1 aromatic carbocycles. The minimum atomic E-state index is -0.626. The Hall–Kier alpha value is -3.49. The Labute approximate surface area is 193 Å². The molecule has 9 heteroatoms. The molecule has 0 saturated heterocycles. The van der Waals surface area contributed by atoms with Crippen molar-refractivity contribution in [1.82, 2.24) is 15.1 Å². The summed E-state index contributed by atoms with van der Waals surface area (Å²) in [5.74, 6) is 0.643. The highest BCUT2D eigenvalue weighted by atomic mass is 16.6. The van der Waals surface area contributed by atoms with Gasteiger partial charge in [0.25, 0.3) is 0 Å². The SMILES string of the molecule is C[C@@H]1/C=C/C[C@H](NC(=O)OC(C)(C)C)c2cc3c(c(c2)-c2c(cnn2C)NC1=O)OCCO3. The topological polar surface area (TPSA) is 104 Å². The predicted octanol–water partition coefficient (Wildman–Crippen LogP) is 3.96. The lowest BCUT2D eigenvalue weighted by molar-refractivity contribution is -0.118. The quantitative estimate of drug-likeness (QED) is 0.632. The van der Waals surface area contributed by atoms with E-state index in [1.807, 2.05) is 52.0 Å². The van der Waals surface area contributed by atoms with Gasteiger partial charge in [-0.25, -0.2) is 4.79 Å². The lowest BCUT2D eigenvalue weighted by Gasteiger charge is -2.27. The first-order valence-corrected chi connectivity index (χ1v) is 11.1. The Morgan fingerprint density at radius 3 is 2.79 bits per heavy atom. The molecule has 2 atom stereocenters. The summed E-state index contributed by atoms with van der Waals surface area (Å²) in [6.07, 6.45) is 5.30. The molecule has 2 bridgehead atoms. The first kappa shape index (κ1) is 22.7. The largest absolute Gasteiger partial charge is 0.486 e. The van der Waals surface area contributed by atoms with Crippen molar-refractivity contribution >= 4 is 17.7 Å². The molecule has 2 aromatic rings. The number of nitrogens with zero attached hydrogens (tertiary/aromatic N) is 2. The highest BCUT2D eigenvalue weighted by molar-refractivity contribution is 5.97. The third-order valence-electron chi connectivity index (χ3n) is 5.42. The van der Waals surface area contributed by atoms with Crippen molar-refractivity contribution in [2.24, 2.45) is 13.0 Å². The highest BCUT2D eigenvalue weighted by Crippen LogP contribution is 2.45. The number of anilines is 1. The summed E-state index contributed by atoms with van der Waals surface area (Å²) in [5.41, 5.74) is 2.20. The van der Waals surface area contributed by atoms with Crippen molar-refractivity contribution in [1.29, 1.82) is 0 Å². The van der Waals surface area contributed by atoms with E-state index in [9.17, 15) is 9.59 Å². The van der Waals surface area contributed by atoms with Gasteiger partial charge in [0.15, 0.2) is 11.5 Å². The molecule has 0 spiro atoms. The number of carbonyl (C=O) groups excluding carboxylic acids is 2. The molecular formula is C24H30N4O5. The van der Waals surface area contributed by atoms with Crippen molar-refractivity contribution in [2.45, 2.75) is 45.8 Å². The van der Waals surface area contributed by atoms with E-state index in [2.05, 4.69) is 15.7 Å². The molecule has 0 radical (unpaired) electrons. The third kappa shape index (κ3) is 4.97. The van der Waals surface area contributed by atoms with Crippen molar-refractivity contribution < 1.29 is 23.8 Å². The van der Waals surface area contributed by atoms with Crippen LogP contribution in [0.3, 0.4) is 0 Å². The van der Waals surface area contributed by atoms with E-state index in [1.165, 1.54) is 0 Å². The molecule has 0 aliphatic carbocycles. The maximum absolute atomic E-state index is 12.8. The number of aromatic nitrogens is 2. The number of carbonyl (C=O) groups is 2. The number of aryl methyl sites for hydroxylation is 1. The number of alkyl carbamates (subject to hydrolysis) is 1. The van der Waals surface area contributed by atoms with Crippen molar-refractivity contribution in [3.63, 3.8) is 0 Å². The minimum absolute atomic E-state index is 0.153. The van der Waals surface area contributed by atoms with Gasteiger partial charge in [0, 0.05) is 12.6 Å². The summed E-state index contributed by atoms with van der Waals surface area (Å²) in [6, 6.07) is 3.43. The van der Waals surface area contributed by atoms with Gasteiger partial charge in [-0.1, -0.05) is 19.1 Å². The molecule has 3 heterocycles. The van der Waals surface area contributed by atoms with E-state index in [0.717, 1.165) is 11.1 Å².